The van der Waals surface area contributed by atoms with Gasteiger partial charge in [0.1, 0.15) is 37.1 Å². The minimum Gasteiger partial charge on any atom is -0.481 e. The van der Waals surface area contributed by atoms with Gasteiger partial charge in [-0.25, -0.2) is 0 Å². The van der Waals surface area contributed by atoms with Gasteiger partial charge < -0.3 is 76.1 Å². The van der Waals surface area contributed by atoms with E-state index in [1.807, 2.05) is 13.8 Å². The van der Waals surface area contributed by atoms with E-state index in [-0.39, 0.29) is 132 Å². The lowest BCUT2D eigenvalue weighted by Crippen LogP contribution is -2.55. The number of aliphatic carboxylic acids is 2. The third-order valence-electron chi connectivity index (χ3n) is 14.2. The van der Waals surface area contributed by atoms with Gasteiger partial charge >= 0.3 is 11.9 Å². The van der Waals surface area contributed by atoms with E-state index in [2.05, 4.69) is 21.7 Å². The van der Waals surface area contributed by atoms with Crippen LogP contribution in [0.1, 0.15) is 207 Å². The number of nitrogens with two attached hydrogens (primary N) is 2. The van der Waals surface area contributed by atoms with Crippen LogP contribution in [0.2, 0.25) is 0 Å². The molecule has 3 heterocycles. The molecule has 3 atom stereocenters. The average Bonchev–Trinajstić information content (AvgIpc) is 3.45. The van der Waals surface area contributed by atoms with Gasteiger partial charge in [0.25, 0.3) is 0 Å². The average molecular weight is 1200 g/mol. The number of Topliss-reactive ketones (excluding diaryl/α,β-unsaturated/α-hetero) is 1. The van der Waals surface area contributed by atoms with Crippen LogP contribution in [0, 0.1) is 0 Å². The number of carboxylic acid groups (broad SMARTS) is 2. The molecule has 84 heavy (non-hydrogen) atoms. The molecule has 0 spiro atoms. The molecule has 0 bridgehead atoms. The van der Waals surface area contributed by atoms with Gasteiger partial charge in [-0.1, -0.05) is 97.3 Å². The summed E-state index contributed by atoms with van der Waals surface area (Å²) in [5.41, 5.74) is 9.60. The normalized spacial score (nSPS) is 16.1. The Hall–Kier alpha value is -5.30. The molecule has 3 fully saturated rings. The quantitative estimate of drug-likeness (QED) is 0.0386. The zero-order valence-electron chi connectivity index (χ0n) is 51.7. The van der Waals surface area contributed by atoms with Crippen molar-refractivity contribution in [2.24, 2.45) is 11.5 Å². The van der Waals surface area contributed by atoms with Gasteiger partial charge in [-0.3, -0.25) is 43.2 Å². The smallest absolute Gasteiger partial charge is 0.303 e. The number of amides is 7. The van der Waals surface area contributed by atoms with E-state index in [4.69, 9.17) is 34.9 Å². The second-order valence-corrected chi connectivity index (χ2v) is 21.0. The fraction of sp³-hybridized carbons (Fsp3) is 0.833. The Balaban J connectivity index is 0.00000222. The highest BCUT2D eigenvalue weighted by molar-refractivity contribution is 5.95. The van der Waals surface area contributed by atoms with Gasteiger partial charge in [-0.2, -0.15) is 0 Å². The summed E-state index contributed by atoms with van der Waals surface area (Å²) in [6, 6.07) is -2.03. The molecule has 3 aliphatic heterocycles. The number of hydrogen-bond donors (Lipinski definition) is 7. The maximum Gasteiger partial charge on any atom is 0.303 e. The maximum atomic E-state index is 13.8. The van der Waals surface area contributed by atoms with Crippen molar-refractivity contribution < 1.29 is 77.1 Å². The SMILES string of the molecule is CC.CC(=O)CCCCCNC(=O)COCCOCCNC(=O)COCCOCCNC(=O)C1CCCN1C(=O)C1CCCN1C(=O)C1CCCN1C(=O)CCCC(=O)O.CN.NC(=O)CCCCCCCCCCCCCCCCC(=O)O. The van der Waals surface area contributed by atoms with E-state index in [9.17, 15) is 47.9 Å². The first-order valence-electron chi connectivity index (χ1n) is 31.4. The van der Waals surface area contributed by atoms with Crippen molar-refractivity contribution in [3.63, 3.8) is 0 Å². The van der Waals surface area contributed by atoms with Crippen molar-refractivity contribution >= 4 is 59.1 Å². The number of carbonyl (C=O) groups excluding carboxylic acids is 8. The van der Waals surface area contributed by atoms with Crippen molar-refractivity contribution in [3.8, 4) is 0 Å². The van der Waals surface area contributed by atoms with Gasteiger partial charge in [-0.15, -0.1) is 0 Å². The van der Waals surface area contributed by atoms with Gasteiger partial charge in [0.15, 0.2) is 0 Å². The molecule has 0 aromatic carbocycles. The fourth-order valence-electron chi connectivity index (χ4n) is 9.93. The molecular weight excluding hydrogens is 1090 g/mol. The highest BCUT2D eigenvalue weighted by atomic mass is 16.5. The summed E-state index contributed by atoms with van der Waals surface area (Å²) in [6.07, 6.45) is 24.3. The first-order chi connectivity index (χ1) is 40.6. The monoisotopic (exact) mass is 1200 g/mol. The Bertz CT molecular complexity index is 1820. The summed E-state index contributed by atoms with van der Waals surface area (Å²) in [7, 11) is 1.50. The second kappa shape index (κ2) is 53.2. The van der Waals surface area contributed by atoms with Crippen molar-refractivity contribution in [2.45, 2.75) is 225 Å². The van der Waals surface area contributed by atoms with Crippen molar-refractivity contribution in [1.29, 1.82) is 0 Å². The van der Waals surface area contributed by atoms with Crippen molar-refractivity contribution in [1.82, 2.24) is 30.7 Å². The van der Waals surface area contributed by atoms with E-state index in [0.29, 0.717) is 84.0 Å². The van der Waals surface area contributed by atoms with E-state index in [1.54, 1.807) is 16.7 Å². The Labute approximate surface area is 501 Å². The molecule has 3 saturated heterocycles. The van der Waals surface area contributed by atoms with Crippen LogP contribution < -0.4 is 27.4 Å². The minimum absolute atomic E-state index is 0.0518. The Morgan fingerprint density at radius 2 is 0.798 bits per heavy atom. The second-order valence-electron chi connectivity index (χ2n) is 21.0. The first kappa shape index (κ1) is 78.7. The van der Waals surface area contributed by atoms with Gasteiger partial charge in [0, 0.05) is 71.4 Å². The lowest BCUT2D eigenvalue weighted by molar-refractivity contribution is -0.150. The van der Waals surface area contributed by atoms with E-state index in [0.717, 1.165) is 44.9 Å². The van der Waals surface area contributed by atoms with Crippen molar-refractivity contribution in [3.05, 3.63) is 0 Å². The van der Waals surface area contributed by atoms with Gasteiger partial charge in [0.2, 0.25) is 41.4 Å². The number of likely N-dealkylation sites (tertiary alicyclic amines) is 3. The third kappa shape index (κ3) is 40.1. The fourth-order valence-corrected chi connectivity index (χ4v) is 9.93. The molecule has 0 radical (unpaired) electrons. The Morgan fingerprint density at radius 1 is 0.429 bits per heavy atom. The van der Waals surface area contributed by atoms with Gasteiger partial charge in [0.05, 0.1) is 39.6 Å². The molecule has 24 heteroatoms. The van der Waals surface area contributed by atoms with E-state index < -0.39 is 30.1 Å². The number of primary amides is 1. The number of nitrogens with zero attached hydrogens (tertiary/aromatic N) is 3. The maximum absolute atomic E-state index is 13.8. The number of rotatable bonds is 46. The topological polar surface area (TPSA) is 346 Å². The number of carbonyl (C=O) groups is 10. The summed E-state index contributed by atoms with van der Waals surface area (Å²) < 4.78 is 21.5. The molecule has 3 aliphatic rings. The molecule has 0 saturated carbocycles. The predicted octanol–water partition coefficient (Wildman–Crippen LogP) is 5.18. The largest absolute Gasteiger partial charge is 0.481 e. The predicted molar refractivity (Wildman–Crippen MR) is 319 cm³/mol. The summed E-state index contributed by atoms with van der Waals surface area (Å²) in [5.74, 6) is -3.25. The molecule has 486 valence electrons. The van der Waals surface area contributed by atoms with E-state index in [1.165, 1.54) is 76.2 Å². The van der Waals surface area contributed by atoms with Crippen LogP contribution in [0.3, 0.4) is 0 Å². The highest BCUT2D eigenvalue weighted by Gasteiger charge is 2.45. The third-order valence-corrected chi connectivity index (χ3v) is 14.2. The summed E-state index contributed by atoms with van der Waals surface area (Å²) in [6.45, 7) is 8.97. The molecule has 0 aromatic rings. The highest BCUT2D eigenvalue weighted by Crippen LogP contribution is 2.29. The summed E-state index contributed by atoms with van der Waals surface area (Å²) in [5, 5.41) is 25.7. The minimum atomic E-state index is -0.976. The summed E-state index contributed by atoms with van der Waals surface area (Å²) in [4.78, 5) is 124. The standard InChI is InChI=1S/C39H64N6O13.C18H35NO3.C2H6.CH5N/c1-29(46)9-3-2-4-15-40-33(47)27-57-25-23-55-21-16-41-34(48)28-58-26-24-56-22-17-42-37(52)30-10-6-19-44(30)39(54)32-12-8-20-45(32)38(53)31-11-7-18-43(31)35(49)13-5-14-36(50)51;19-17(20)15-13-11-9-7-5-3-1-2-4-6-8-10-12-14-16-18(21)22;2*1-2/h30-32H,2-28H2,1H3,(H,40,47)(H,41,48)(H,42,52)(H,50,51);1-16H2,(H2,19,20)(H,21,22);1-2H3;2H2,1H3. The number of hydrogen-bond acceptors (Lipinski definition) is 15. The molecule has 24 nitrogen and oxygen atoms in total. The van der Waals surface area contributed by atoms with Gasteiger partial charge in [-0.05, 0) is 84.6 Å². The molecule has 9 N–H and O–H groups in total. The molecule has 0 aliphatic carbocycles. The van der Waals surface area contributed by atoms with Crippen LogP contribution in [0.4, 0.5) is 0 Å². The Morgan fingerprint density at radius 3 is 1.27 bits per heavy atom. The molecule has 0 aromatic heterocycles. The first-order valence-corrected chi connectivity index (χ1v) is 31.4. The Kier molecular flexibility index (Phi) is 49.8. The van der Waals surface area contributed by atoms with E-state index >= 15 is 0 Å². The van der Waals surface area contributed by atoms with Crippen LogP contribution in [-0.4, -0.2) is 201 Å². The number of ketones is 1. The zero-order valence-corrected chi connectivity index (χ0v) is 51.7. The summed E-state index contributed by atoms with van der Waals surface area (Å²) >= 11 is 0. The molecule has 3 rings (SSSR count). The van der Waals surface area contributed by atoms with Crippen LogP contribution in [0.25, 0.3) is 0 Å². The van der Waals surface area contributed by atoms with Crippen LogP contribution >= 0.6 is 0 Å². The van der Waals surface area contributed by atoms with Crippen LogP contribution in [0.15, 0.2) is 0 Å². The zero-order chi connectivity index (χ0) is 62.6. The number of ether oxygens (including phenoxy) is 4. The van der Waals surface area contributed by atoms with Crippen molar-refractivity contribution in [2.75, 3.05) is 99.2 Å². The number of nitrogens with one attached hydrogen (secondary N) is 3. The van der Waals surface area contributed by atoms with Crippen LogP contribution in [-0.2, 0) is 66.9 Å². The number of carboxylic acids is 2. The molecule has 3 unspecified atom stereocenters. The van der Waals surface area contributed by atoms with Crippen LogP contribution in [0.5, 0.6) is 0 Å². The molecule has 7 amide bonds. The number of unbranched alkanes of at least 4 members (excludes halogenated alkanes) is 15. The lowest BCUT2D eigenvalue weighted by atomic mass is 10.0. The molecular formula is C60H110N8O16. The lowest BCUT2D eigenvalue weighted by Gasteiger charge is -2.34.